The van der Waals surface area contributed by atoms with Crippen LogP contribution in [0.2, 0.25) is 0 Å². The van der Waals surface area contributed by atoms with Crippen molar-refractivity contribution in [1.82, 2.24) is 5.32 Å². The van der Waals surface area contributed by atoms with Gasteiger partial charge in [-0.05, 0) is 31.4 Å². The van der Waals surface area contributed by atoms with Gasteiger partial charge in [0.15, 0.2) is 6.10 Å². The van der Waals surface area contributed by atoms with Crippen LogP contribution in [0.15, 0.2) is 30.3 Å². The van der Waals surface area contributed by atoms with Crippen LogP contribution < -0.4 is 5.32 Å². The minimum Gasteiger partial charge on any atom is -0.479 e. The van der Waals surface area contributed by atoms with E-state index in [1.165, 1.54) is 90.0 Å². The normalized spacial score (nSPS) is 17.4. The highest BCUT2D eigenvalue weighted by Gasteiger charge is 2.14. The van der Waals surface area contributed by atoms with Crippen molar-refractivity contribution in [3.63, 3.8) is 0 Å². The van der Waals surface area contributed by atoms with E-state index in [1.807, 2.05) is 0 Å². The Balaban J connectivity index is 0.000000307. The maximum Gasteiger partial charge on any atom is 0.337 e. The van der Waals surface area contributed by atoms with Crippen molar-refractivity contribution in [3.05, 3.63) is 35.9 Å². The first-order valence-corrected chi connectivity index (χ1v) is 11.3. The van der Waals surface area contributed by atoms with E-state index in [1.54, 1.807) is 30.3 Å². The predicted molar refractivity (Wildman–Crippen MR) is 117 cm³/mol. The van der Waals surface area contributed by atoms with Crippen LogP contribution in [0.4, 0.5) is 0 Å². The van der Waals surface area contributed by atoms with Crippen molar-refractivity contribution in [1.29, 1.82) is 0 Å². The lowest BCUT2D eigenvalue weighted by molar-refractivity contribution is -0.146. The third-order valence-corrected chi connectivity index (χ3v) is 5.42. The van der Waals surface area contributed by atoms with Gasteiger partial charge in [0, 0.05) is 6.04 Å². The number of piperidine rings is 1. The zero-order valence-corrected chi connectivity index (χ0v) is 17.7. The molecule has 0 aliphatic carbocycles. The Bertz CT molecular complexity index is 486. The molecule has 0 aromatic heterocycles. The number of carboxylic acid groups (broad SMARTS) is 1. The molecule has 0 amide bonds. The number of aliphatic carboxylic acids is 1. The van der Waals surface area contributed by atoms with Gasteiger partial charge >= 0.3 is 5.97 Å². The number of carboxylic acids is 1. The lowest BCUT2D eigenvalue weighted by atomic mass is 9.98. The van der Waals surface area contributed by atoms with E-state index < -0.39 is 12.1 Å². The zero-order chi connectivity index (χ0) is 20.5. The topological polar surface area (TPSA) is 69.6 Å². The van der Waals surface area contributed by atoms with E-state index in [2.05, 4.69) is 12.2 Å². The summed E-state index contributed by atoms with van der Waals surface area (Å²) in [5.41, 5.74) is 0.403. The van der Waals surface area contributed by atoms with Crippen LogP contribution in [0, 0.1) is 0 Å². The number of aliphatic hydroxyl groups excluding tert-OH is 1. The van der Waals surface area contributed by atoms with Crippen molar-refractivity contribution in [2.75, 3.05) is 6.54 Å². The molecule has 2 atom stereocenters. The first-order valence-electron chi connectivity index (χ1n) is 11.3. The molecule has 0 unspecified atom stereocenters. The monoisotopic (exact) mass is 391 g/mol. The molecule has 1 saturated heterocycles. The molecule has 1 fully saturated rings. The van der Waals surface area contributed by atoms with Crippen LogP contribution >= 0.6 is 0 Å². The number of hydrogen-bond donors (Lipinski definition) is 3. The van der Waals surface area contributed by atoms with Gasteiger partial charge in [0.1, 0.15) is 0 Å². The molecule has 4 heteroatoms. The summed E-state index contributed by atoms with van der Waals surface area (Å²) in [5, 5.41) is 21.0. The summed E-state index contributed by atoms with van der Waals surface area (Å²) in [7, 11) is 0. The molecule has 4 nitrogen and oxygen atoms in total. The molecule has 1 aromatic rings. The molecule has 0 saturated carbocycles. The summed E-state index contributed by atoms with van der Waals surface area (Å²) in [6.07, 6.45) is 17.4. The third-order valence-electron chi connectivity index (χ3n) is 5.42. The van der Waals surface area contributed by atoms with Crippen molar-refractivity contribution in [3.8, 4) is 0 Å². The Labute approximate surface area is 171 Å². The maximum atomic E-state index is 10.2. The van der Waals surface area contributed by atoms with Crippen molar-refractivity contribution < 1.29 is 15.0 Å². The summed E-state index contributed by atoms with van der Waals surface area (Å²) in [4.78, 5) is 10.2. The molecular formula is C24H41NO3. The summed E-state index contributed by atoms with van der Waals surface area (Å²) >= 11 is 0. The number of nitrogens with one attached hydrogen (secondary N) is 1. The van der Waals surface area contributed by atoms with E-state index in [4.69, 9.17) is 10.2 Å². The van der Waals surface area contributed by atoms with Gasteiger partial charge in [0.25, 0.3) is 0 Å². The van der Waals surface area contributed by atoms with Crippen LogP contribution in [0.25, 0.3) is 0 Å². The highest BCUT2D eigenvalue weighted by Crippen LogP contribution is 2.15. The number of benzene rings is 1. The van der Waals surface area contributed by atoms with Gasteiger partial charge in [0.2, 0.25) is 0 Å². The van der Waals surface area contributed by atoms with Gasteiger partial charge in [-0.15, -0.1) is 0 Å². The van der Waals surface area contributed by atoms with Crippen molar-refractivity contribution >= 4 is 5.97 Å². The Morgan fingerprint density at radius 2 is 1.61 bits per heavy atom. The second-order valence-corrected chi connectivity index (χ2v) is 7.92. The van der Waals surface area contributed by atoms with Crippen LogP contribution in [-0.4, -0.2) is 28.8 Å². The van der Waals surface area contributed by atoms with Crippen molar-refractivity contribution in [2.45, 2.75) is 103 Å². The Morgan fingerprint density at radius 1 is 1.00 bits per heavy atom. The minimum atomic E-state index is -1.41. The molecule has 1 aliphatic heterocycles. The fourth-order valence-electron chi connectivity index (χ4n) is 3.65. The second kappa shape index (κ2) is 16.6. The van der Waals surface area contributed by atoms with Crippen LogP contribution in [0.1, 0.15) is 102 Å². The number of carbonyl (C=O) groups is 1. The maximum absolute atomic E-state index is 10.2. The van der Waals surface area contributed by atoms with E-state index in [0.717, 1.165) is 6.04 Å². The van der Waals surface area contributed by atoms with Gasteiger partial charge in [-0.25, -0.2) is 4.79 Å². The summed E-state index contributed by atoms with van der Waals surface area (Å²) in [6.45, 7) is 3.56. The zero-order valence-electron chi connectivity index (χ0n) is 17.7. The standard InChI is InChI=1S/C16H33N.C8H8O3/c1-2-3-4-5-6-7-8-9-10-13-16-14-11-12-15-17-16;9-7(8(10)11)6-4-2-1-3-5-6/h16-17H,2-15H2,1H3;1-5,7,9H,(H,10,11)/t16-;7-/m10/s1. The van der Waals surface area contributed by atoms with Gasteiger partial charge in [-0.1, -0.05) is 101 Å². The predicted octanol–water partition coefficient (Wildman–Crippen LogP) is 5.85. The lowest BCUT2D eigenvalue weighted by Crippen LogP contribution is -2.33. The molecule has 160 valence electrons. The van der Waals surface area contributed by atoms with E-state index in [-0.39, 0.29) is 0 Å². The number of hydrogen-bond acceptors (Lipinski definition) is 3. The highest BCUT2D eigenvalue weighted by molar-refractivity contribution is 5.73. The molecule has 1 aromatic carbocycles. The fraction of sp³-hybridized carbons (Fsp3) is 0.708. The minimum absolute atomic E-state index is 0.403. The van der Waals surface area contributed by atoms with Gasteiger partial charge < -0.3 is 15.5 Å². The first-order chi connectivity index (χ1) is 13.6. The van der Waals surface area contributed by atoms with E-state index >= 15 is 0 Å². The van der Waals surface area contributed by atoms with Crippen LogP contribution in [0.3, 0.4) is 0 Å². The van der Waals surface area contributed by atoms with Gasteiger partial charge in [0.05, 0.1) is 0 Å². The Hall–Kier alpha value is -1.39. The molecule has 1 aliphatic rings. The van der Waals surface area contributed by atoms with E-state index in [9.17, 15) is 4.79 Å². The average Bonchev–Trinajstić information content (AvgIpc) is 2.74. The number of unbranched alkanes of at least 4 members (excludes halogenated alkanes) is 8. The quantitative estimate of drug-likeness (QED) is 0.391. The van der Waals surface area contributed by atoms with E-state index in [0.29, 0.717) is 5.56 Å². The molecule has 0 radical (unpaired) electrons. The average molecular weight is 392 g/mol. The van der Waals surface area contributed by atoms with Crippen molar-refractivity contribution in [2.24, 2.45) is 0 Å². The van der Waals surface area contributed by atoms with Crippen LogP contribution in [0.5, 0.6) is 0 Å². The second-order valence-electron chi connectivity index (χ2n) is 7.92. The smallest absolute Gasteiger partial charge is 0.337 e. The summed E-state index contributed by atoms with van der Waals surface area (Å²) in [5.74, 6) is -1.23. The molecule has 2 rings (SSSR count). The summed E-state index contributed by atoms with van der Waals surface area (Å²) in [6, 6.07) is 9.12. The summed E-state index contributed by atoms with van der Waals surface area (Å²) < 4.78 is 0. The molecular weight excluding hydrogens is 350 g/mol. The molecule has 3 N–H and O–H groups in total. The molecule has 0 bridgehead atoms. The molecule has 0 spiro atoms. The van der Waals surface area contributed by atoms with Crippen LogP contribution in [-0.2, 0) is 4.79 Å². The molecule has 1 heterocycles. The Morgan fingerprint density at radius 3 is 2.14 bits per heavy atom. The fourth-order valence-corrected chi connectivity index (χ4v) is 3.65. The highest BCUT2D eigenvalue weighted by atomic mass is 16.4. The number of aliphatic hydroxyl groups is 1. The lowest BCUT2D eigenvalue weighted by Gasteiger charge is -2.23. The largest absolute Gasteiger partial charge is 0.479 e. The Kier molecular flexibility index (Phi) is 14.6. The first kappa shape index (κ1) is 24.6. The van der Waals surface area contributed by atoms with Gasteiger partial charge in [-0.3, -0.25) is 0 Å². The SMILES string of the molecule is CCCCCCCCCCC[C@@H]1CCCCN1.O=C(O)[C@@H](O)c1ccccc1. The molecule has 28 heavy (non-hydrogen) atoms. The third kappa shape index (κ3) is 12.1. The number of rotatable bonds is 12. The van der Waals surface area contributed by atoms with Gasteiger partial charge in [-0.2, -0.15) is 0 Å².